The second-order valence-corrected chi connectivity index (χ2v) is 8.98. The molecule has 0 saturated carbocycles. The summed E-state index contributed by atoms with van der Waals surface area (Å²) in [6.07, 6.45) is 2.52. The lowest BCUT2D eigenvalue weighted by Gasteiger charge is -2.33. The summed E-state index contributed by atoms with van der Waals surface area (Å²) in [4.78, 5) is 32.3. The average Bonchev–Trinajstić information content (AvgIpc) is 3.04. The number of hydrogen-bond acceptors (Lipinski definition) is 4. The van der Waals surface area contributed by atoms with Crippen LogP contribution in [0.1, 0.15) is 29.8 Å². The Bertz CT molecular complexity index is 1160. The largest absolute Gasteiger partial charge is 0.379 e. The Morgan fingerprint density at radius 2 is 1.97 bits per heavy atom. The zero-order valence-corrected chi connectivity index (χ0v) is 18.9. The van der Waals surface area contributed by atoms with Crippen molar-refractivity contribution in [3.05, 3.63) is 77.7 Å². The third kappa shape index (κ3) is 5.37. The molecule has 1 saturated heterocycles. The number of rotatable bonds is 5. The molecular weight excluding hydrogens is 421 g/mol. The molecule has 0 unspecified atom stereocenters. The van der Waals surface area contributed by atoms with E-state index in [2.05, 4.69) is 16.4 Å². The number of carbonyl (C=O) groups excluding carboxylic acids is 2. The second kappa shape index (κ2) is 9.67. The molecule has 1 aromatic heterocycles. The molecule has 2 heterocycles. The summed E-state index contributed by atoms with van der Waals surface area (Å²) in [5, 5.41) is 3.84. The van der Waals surface area contributed by atoms with E-state index in [9.17, 15) is 14.0 Å². The maximum Gasteiger partial charge on any atom is 0.252 e. The van der Waals surface area contributed by atoms with Crippen molar-refractivity contribution in [1.82, 2.24) is 15.2 Å². The van der Waals surface area contributed by atoms with Gasteiger partial charge in [0.05, 0.1) is 18.7 Å². The standard InChI is InChI=1S/C26H28FN3O3/c1-26(2,29-24(31)21-8-4-10-22(27)15-21)25(32)30-12-13-33-17-18(16-30)14-20-7-3-6-19-9-5-11-28-23(19)20/h3-11,15,18H,12-14,16-17H2,1-2H3,(H,29,31)/t18-/m0/s1. The number of nitrogens with zero attached hydrogens (tertiary/aromatic N) is 2. The maximum absolute atomic E-state index is 13.5. The molecule has 3 aromatic rings. The quantitative estimate of drug-likeness (QED) is 0.646. The third-order valence-electron chi connectivity index (χ3n) is 5.90. The topological polar surface area (TPSA) is 71.5 Å². The highest BCUT2D eigenvalue weighted by Crippen LogP contribution is 2.22. The number of benzene rings is 2. The minimum Gasteiger partial charge on any atom is -0.379 e. The number of ether oxygens (including phenoxy) is 1. The van der Waals surface area contributed by atoms with Gasteiger partial charge in [0.25, 0.3) is 5.91 Å². The summed E-state index contributed by atoms with van der Waals surface area (Å²) in [6, 6.07) is 15.5. The van der Waals surface area contributed by atoms with Gasteiger partial charge < -0.3 is 15.0 Å². The molecule has 172 valence electrons. The number of aromatic nitrogens is 1. The van der Waals surface area contributed by atoms with Crippen LogP contribution in [-0.2, 0) is 16.0 Å². The highest BCUT2D eigenvalue weighted by Gasteiger charge is 2.35. The van der Waals surface area contributed by atoms with Crippen LogP contribution >= 0.6 is 0 Å². The minimum absolute atomic E-state index is 0.0961. The van der Waals surface area contributed by atoms with E-state index in [1.165, 1.54) is 18.2 Å². The molecule has 7 heteroatoms. The van der Waals surface area contributed by atoms with E-state index in [0.717, 1.165) is 29.0 Å². The number of amides is 2. The fourth-order valence-electron chi connectivity index (χ4n) is 4.27. The normalized spacial score (nSPS) is 16.9. The van der Waals surface area contributed by atoms with Crippen molar-refractivity contribution in [1.29, 1.82) is 0 Å². The van der Waals surface area contributed by atoms with Crippen molar-refractivity contribution in [3.63, 3.8) is 0 Å². The molecule has 1 aliphatic heterocycles. The molecular formula is C26H28FN3O3. The number of para-hydroxylation sites is 1. The Morgan fingerprint density at radius 3 is 2.79 bits per heavy atom. The Kier molecular flexibility index (Phi) is 6.70. The van der Waals surface area contributed by atoms with Gasteiger partial charge in [0.2, 0.25) is 5.91 Å². The van der Waals surface area contributed by atoms with Gasteiger partial charge in [0.15, 0.2) is 0 Å². The first-order valence-corrected chi connectivity index (χ1v) is 11.1. The average molecular weight is 450 g/mol. The van der Waals surface area contributed by atoms with Crippen molar-refractivity contribution in [2.45, 2.75) is 25.8 Å². The van der Waals surface area contributed by atoms with E-state index >= 15 is 0 Å². The molecule has 0 radical (unpaired) electrons. The van der Waals surface area contributed by atoms with Crippen molar-refractivity contribution in [3.8, 4) is 0 Å². The van der Waals surface area contributed by atoms with Crippen molar-refractivity contribution < 1.29 is 18.7 Å². The van der Waals surface area contributed by atoms with Gasteiger partial charge in [-0.3, -0.25) is 14.6 Å². The van der Waals surface area contributed by atoms with Crippen LogP contribution in [0.25, 0.3) is 10.9 Å². The summed E-state index contributed by atoms with van der Waals surface area (Å²) < 4.78 is 19.3. The first kappa shape index (κ1) is 22.9. The number of hydrogen-bond donors (Lipinski definition) is 1. The van der Waals surface area contributed by atoms with E-state index in [-0.39, 0.29) is 17.4 Å². The van der Waals surface area contributed by atoms with Crippen LogP contribution in [0.4, 0.5) is 4.39 Å². The summed E-state index contributed by atoms with van der Waals surface area (Å²) in [5.74, 6) is -1.09. The molecule has 0 bridgehead atoms. The Morgan fingerprint density at radius 1 is 1.18 bits per heavy atom. The Labute approximate surface area is 192 Å². The van der Waals surface area contributed by atoms with Gasteiger partial charge in [-0.25, -0.2) is 4.39 Å². The van der Waals surface area contributed by atoms with Crippen LogP contribution in [0.3, 0.4) is 0 Å². The lowest BCUT2D eigenvalue weighted by molar-refractivity contribution is -0.137. The number of nitrogens with one attached hydrogen (secondary N) is 1. The van der Waals surface area contributed by atoms with E-state index in [4.69, 9.17) is 4.74 Å². The molecule has 0 aliphatic carbocycles. The van der Waals surface area contributed by atoms with Gasteiger partial charge in [-0.2, -0.15) is 0 Å². The lowest BCUT2D eigenvalue weighted by atomic mass is 9.96. The molecule has 0 spiro atoms. The predicted molar refractivity (Wildman–Crippen MR) is 124 cm³/mol. The molecule has 33 heavy (non-hydrogen) atoms. The Balaban J connectivity index is 1.47. The van der Waals surface area contributed by atoms with Gasteiger partial charge in [0.1, 0.15) is 11.4 Å². The molecule has 2 amide bonds. The van der Waals surface area contributed by atoms with Crippen LogP contribution in [-0.4, -0.2) is 53.5 Å². The van der Waals surface area contributed by atoms with Crippen LogP contribution in [0.5, 0.6) is 0 Å². The van der Waals surface area contributed by atoms with E-state index in [0.29, 0.717) is 26.3 Å². The Hall–Kier alpha value is -3.32. The summed E-state index contributed by atoms with van der Waals surface area (Å²) in [5.41, 5.74) is 1.11. The van der Waals surface area contributed by atoms with Crippen LogP contribution in [0, 0.1) is 11.7 Å². The van der Waals surface area contributed by atoms with E-state index < -0.39 is 17.3 Å². The highest BCUT2D eigenvalue weighted by atomic mass is 19.1. The summed E-state index contributed by atoms with van der Waals surface area (Å²) in [7, 11) is 0. The van der Waals surface area contributed by atoms with Crippen molar-refractivity contribution >= 4 is 22.7 Å². The first-order chi connectivity index (χ1) is 15.8. The van der Waals surface area contributed by atoms with Gasteiger partial charge in [-0.1, -0.05) is 30.3 Å². The molecule has 1 aliphatic rings. The number of pyridine rings is 1. The SMILES string of the molecule is CC(C)(NC(=O)c1cccc(F)c1)C(=O)N1CCOC[C@@H](Cc2cccc3cccnc23)C1. The fraction of sp³-hybridized carbons (Fsp3) is 0.346. The van der Waals surface area contributed by atoms with Gasteiger partial charge in [0, 0.05) is 36.2 Å². The van der Waals surface area contributed by atoms with Gasteiger partial charge in [-0.15, -0.1) is 0 Å². The van der Waals surface area contributed by atoms with Crippen LogP contribution in [0.2, 0.25) is 0 Å². The number of carbonyl (C=O) groups is 2. The molecule has 1 fully saturated rings. The zero-order valence-electron chi connectivity index (χ0n) is 18.9. The number of fused-ring (bicyclic) bond motifs is 1. The van der Waals surface area contributed by atoms with Crippen LogP contribution < -0.4 is 5.32 Å². The lowest BCUT2D eigenvalue weighted by Crippen LogP contribution is -2.57. The third-order valence-corrected chi connectivity index (χ3v) is 5.90. The van der Waals surface area contributed by atoms with E-state index in [1.54, 1.807) is 24.9 Å². The zero-order chi connectivity index (χ0) is 23.4. The fourth-order valence-corrected chi connectivity index (χ4v) is 4.27. The molecule has 6 nitrogen and oxygen atoms in total. The summed E-state index contributed by atoms with van der Waals surface area (Å²) in [6.45, 7) is 5.28. The maximum atomic E-state index is 13.5. The molecule has 1 N–H and O–H groups in total. The second-order valence-electron chi connectivity index (χ2n) is 8.98. The minimum atomic E-state index is -1.15. The highest BCUT2D eigenvalue weighted by molar-refractivity contribution is 5.99. The number of halogens is 1. The monoisotopic (exact) mass is 449 g/mol. The van der Waals surface area contributed by atoms with Crippen molar-refractivity contribution in [2.75, 3.05) is 26.3 Å². The van der Waals surface area contributed by atoms with Crippen LogP contribution in [0.15, 0.2) is 60.8 Å². The smallest absolute Gasteiger partial charge is 0.252 e. The summed E-state index contributed by atoms with van der Waals surface area (Å²) >= 11 is 0. The van der Waals surface area contributed by atoms with Crippen molar-refractivity contribution in [2.24, 2.45) is 5.92 Å². The molecule has 1 atom stereocenters. The van der Waals surface area contributed by atoms with Gasteiger partial charge in [-0.05, 0) is 50.1 Å². The van der Waals surface area contributed by atoms with Gasteiger partial charge >= 0.3 is 0 Å². The molecule has 2 aromatic carbocycles. The first-order valence-electron chi connectivity index (χ1n) is 11.1. The molecule has 4 rings (SSSR count). The predicted octanol–water partition coefficient (Wildman–Crippen LogP) is 3.60. The van der Waals surface area contributed by atoms with E-state index in [1.807, 2.05) is 24.3 Å².